The van der Waals surface area contributed by atoms with Gasteiger partial charge < -0.3 is 15.2 Å². The number of nitrogens with zero attached hydrogens (tertiary/aromatic N) is 2. The fourth-order valence-corrected chi connectivity index (χ4v) is 2.30. The molecule has 0 saturated carbocycles. The lowest BCUT2D eigenvalue weighted by Crippen LogP contribution is -2.01. The van der Waals surface area contributed by atoms with Crippen molar-refractivity contribution in [2.24, 2.45) is 7.05 Å². The minimum atomic E-state index is 0.617. The standard InChI is InChI=1S/C14H19N3O2/c1-8-6-11(18-4)9(2)13(19-5)12(8)10-7-16-17(3)14(10)15/h6-7H,15H2,1-5H3. The van der Waals surface area contributed by atoms with Crippen LogP contribution in [-0.4, -0.2) is 24.0 Å². The van der Waals surface area contributed by atoms with Crippen molar-refractivity contribution in [3.05, 3.63) is 23.4 Å². The molecule has 5 nitrogen and oxygen atoms in total. The van der Waals surface area contributed by atoms with E-state index in [4.69, 9.17) is 15.2 Å². The van der Waals surface area contributed by atoms with Gasteiger partial charge in [0.2, 0.25) is 0 Å². The number of aryl methyl sites for hydroxylation is 2. The third-order valence-electron chi connectivity index (χ3n) is 3.36. The van der Waals surface area contributed by atoms with Crippen LogP contribution in [0.25, 0.3) is 11.1 Å². The van der Waals surface area contributed by atoms with Crippen LogP contribution in [0.3, 0.4) is 0 Å². The maximum atomic E-state index is 6.06. The zero-order valence-electron chi connectivity index (χ0n) is 11.9. The van der Waals surface area contributed by atoms with E-state index in [-0.39, 0.29) is 0 Å². The highest BCUT2D eigenvalue weighted by molar-refractivity contribution is 5.83. The van der Waals surface area contributed by atoms with Gasteiger partial charge in [-0.1, -0.05) is 0 Å². The molecule has 0 bridgehead atoms. The highest BCUT2D eigenvalue weighted by Gasteiger charge is 2.19. The predicted molar refractivity (Wildman–Crippen MR) is 75.6 cm³/mol. The SMILES string of the molecule is COc1cc(C)c(-c2cnn(C)c2N)c(OC)c1C. The van der Waals surface area contributed by atoms with Gasteiger partial charge >= 0.3 is 0 Å². The monoisotopic (exact) mass is 261 g/mol. The van der Waals surface area contributed by atoms with Crippen LogP contribution >= 0.6 is 0 Å². The van der Waals surface area contributed by atoms with Gasteiger partial charge in [0, 0.05) is 23.7 Å². The van der Waals surface area contributed by atoms with Crippen molar-refractivity contribution in [1.29, 1.82) is 0 Å². The molecular formula is C14H19N3O2. The summed E-state index contributed by atoms with van der Waals surface area (Å²) in [6, 6.07) is 1.99. The van der Waals surface area contributed by atoms with Crippen molar-refractivity contribution in [3.8, 4) is 22.6 Å². The van der Waals surface area contributed by atoms with E-state index in [1.54, 1.807) is 25.1 Å². The van der Waals surface area contributed by atoms with Gasteiger partial charge in [-0.05, 0) is 25.5 Å². The molecular weight excluding hydrogens is 242 g/mol. The number of hydrogen-bond donors (Lipinski definition) is 1. The summed E-state index contributed by atoms with van der Waals surface area (Å²) >= 11 is 0. The number of benzene rings is 1. The molecule has 0 fully saturated rings. The van der Waals surface area contributed by atoms with Crippen LogP contribution in [0.15, 0.2) is 12.3 Å². The van der Waals surface area contributed by atoms with Crippen molar-refractivity contribution in [1.82, 2.24) is 9.78 Å². The first-order valence-electron chi connectivity index (χ1n) is 6.01. The summed E-state index contributed by atoms with van der Waals surface area (Å²) in [5, 5.41) is 4.19. The van der Waals surface area contributed by atoms with Crippen molar-refractivity contribution in [3.63, 3.8) is 0 Å². The number of anilines is 1. The van der Waals surface area contributed by atoms with Gasteiger partial charge in [-0.2, -0.15) is 5.10 Å². The van der Waals surface area contributed by atoms with Gasteiger partial charge in [0.1, 0.15) is 17.3 Å². The maximum Gasteiger partial charge on any atom is 0.133 e. The zero-order valence-corrected chi connectivity index (χ0v) is 11.9. The molecule has 1 aromatic heterocycles. The summed E-state index contributed by atoms with van der Waals surface area (Å²) in [5.41, 5.74) is 9.90. The molecule has 2 N–H and O–H groups in total. The number of hydrogen-bond acceptors (Lipinski definition) is 4. The summed E-state index contributed by atoms with van der Waals surface area (Å²) in [4.78, 5) is 0. The Bertz CT molecular complexity index is 618. The topological polar surface area (TPSA) is 62.3 Å². The van der Waals surface area contributed by atoms with Crippen LogP contribution in [-0.2, 0) is 7.05 Å². The summed E-state index contributed by atoms with van der Waals surface area (Å²) in [7, 11) is 5.12. The van der Waals surface area contributed by atoms with Crippen LogP contribution in [0.5, 0.6) is 11.5 Å². The molecule has 0 spiro atoms. The third kappa shape index (κ3) is 2.01. The number of nitrogens with two attached hydrogens (primary N) is 1. The van der Waals surface area contributed by atoms with Crippen LogP contribution in [0, 0.1) is 13.8 Å². The molecule has 0 atom stereocenters. The Kier molecular flexibility index (Phi) is 3.38. The second-order valence-corrected chi connectivity index (χ2v) is 4.50. The lowest BCUT2D eigenvalue weighted by Gasteiger charge is -2.17. The third-order valence-corrected chi connectivity index (χ3v) is 3.36. The average Bonchev–Trinajstić information content (AvgIpc) is 2.72. The van der Waals surface area contributed by atoms with Crippen LogP contribution in [0.4, 0.5) is 5.82 Å². The average molecular weight is 261 g/mol. The molecule has 19 heavy (non-hydrogen) atoms. The van der Waals surface area contributed by atoms with E-state index < -0.39 is 0 Å². The van der Waals surface area contributed by atoms with Gasteiger partial charge in [0.15, 0.2) is 0 Å². The van der Waals surface area contributed by atoms with E-state index in [2.05, 4.69) is 5.10 Å². The van der Waals surface area contributed by atoms with Gasteiger partial charge in [-0.25, -0.2) is 0 Å². The Morgan fingerprint density at radius 3 is 2.37 bits per heavy atom. The Balaban J connectivity index is 2.76. The highest BCUT2D eigenvalue weighted by atomic mass is 16.5. The molecule has 0 aliphatic rings. The quantitative estimate of drug-likeness (QED) is 0.921. The van der Waals surface area contributed by atoms with Crippen LogP contribution in [0.2, 0.25) is 0 Å². The first-order valence-corrected chi connectivity index (χ1v) is 6.01. The van der Waals surface area contributed by atoms with E-state index in [9.17, 15) is 0 Å². The van der Waals surface area contributed by atoms with Gasteiger partial charge in [-0.3, -0.25) is 4.68 Å². The van der Waals surface area contributed by atoms with Crippen molar-refractivity contribution in [2.45, 2.75) is 13.8 Å². The Morgan fingerprint density at radius 2 is 1.89 bits per heavy atom. The Hall–Kier alpha value is -2.17. The van der Waals surface area contributed by atoms with Crippen LogP contribution < -0.4 is 15.2 Å². The summed E-state index contributed by atoms with van der Waals surface area (Å²) in [6.07, 6.45) is 1.76. The second kappa shape index (κ2) is 4.84. The smallest absolute Gasteiger partial charge is 0.133 e. The lowest BCUT2D eigenvalue weighted by atomic mass is 9.97. The summed E-state index contributed by atoms with van der Waals surface area (Å²) in [5.74, 6) is 2.20. The van der Waals surface area contributed by atoms with E-state index in [0.717, 1.165) is 33.8 Å². The van der Waals surface area contributed by atoms with Crippen molar-refractivity contribution >= 4 is 5.82 Å². The molecule has 0 aliphatic carbocycles. The van der Waals surface area contributed by atoms with Gasteiger partial charge in [-0.15, -0.1) is 0 Å². The highest BCUT2D eigenvalue weighted by Crippen LogP contribution is 2.42. The van der Waals surface area contributed by atoms with Crippen LogP contribution in [0.1, 0.15) is 11.1 Å². The van der Waals surface area contributed by atoms with E-state index >= 15 is 0 Å². The number of ether oxygens (including phenoxy) is 2. The Morgan fingerprint density at radius 1 is 1.21 bits per heavy atom. The molecule has 0 radical (unpaired) electrons. The first kappa shape index (κ1) is 13.3. The largest absolute Gasteiger partial charge is 0.496 e. The lowest BCUT2D eigenvalue weighted by molar-refractivity contribution is 0.389. The molecule has 1 heterocycles. The Labute approximate surface area is 112 Å². The minimum absolute atomic E-state index is 0.617. The fourth-order valence-electron chi connectivity index (χ4n) is 2.30. The van der Waals surface area contributed by atoms with Crippen molar-refractivity contribution in [2.75, 3.05) is 20.0 Å². The molecule has 0 unspecified atom stereocenters. The number of rotatable bonds is 3. The number of aromatic nitrogens is 2. The molecule has 0 saturated heterocycles. The molecule has 2 aromatic rings. The van der Waals surface area contributed by atoms with E-state index in [0.29, 0.717) is 5.82 Å². The zero-order chi connectivity index (χ0) is 14.2. The molecule has 0 aliphatic heterocycles. The van der Waals surface area contributed by atoms with Gasteiger partial charge in [0.05, 0.1) is 20.4 Å². The fraction of sp³-hybridized carbons (Fsp3) is 0.357. The number of methoxy groups -OCH3 is 2. The maximum absolute atomic E-state index is 6.06. The normalized spacial score (nSPS) is 10.6. The summed E-state index contributed by atoms with van der Waals surface area (Å²) < 4.78 is 12.6. The van der Waals surface area contributed by atoms with E-state index in [1.807, 2.05) is 27.0 Å². The number of nitrogen functional groups attached to an aromatic ring is 1. The minimum Gasteiger partial charge on any atom is -0.496 e. The second-order valence-electron chi connectivity index (χ2n) is 4.50. The molecule has 2 rings (SSSR count). The van der Waals surface area contributed by atoms with Crippen molar-refractivity contribution < 1.29 is 9.47 Å². The summed E-state index contributed by atoms with van der Waals surface area (Å²) in [6.45, 7) is 3.97. The predicted octanol–water partition coefficient (Wildman–Crippen LogP) is 2.30. The molecule has 5 heteroatoms. The molecule has 102 valence electrons. The van der Waals surface area contributed by atoms with E-state index in [1.165, 1.54) is 0 Å². The molecule has 0 amide bonds. The molecule has 1 aromatic carbocycles. The van der Waals surface area contributed by atoms with Gasteiger partial charge in [0.25, 0.3) is 0 Å². The first-order chi connectivity index (χ1) is 9.01.